The van der Waals surface area contributed by atoms with Crippen LogP contribution in [-0.4, -0.2) is 12.5 Å². The zero-order chi connectivity index (χ0) is 15.1. The van der Waals surface area contributed by atoms with Crippen molar-refractivity contribution in [2.75, 3.05) is 11.9 Å². The Bertz CT molecular complexity index is 596. The highest BCUT2D eigenvalue weighted by Gasteiger charge is 2.08. The van der Waals surface area contributed by atoms with Crippen molar-refractivity contribution >= 4 is 23.2 Å². The van der Waals surface area contributed by atoms with Crippen molar-refractivity contribution in [3.8, 4) is 5.75 Å². The van der Waals surface area contributed by atoms with Crippen LogP contribution in [0.1, 0.15) is 30.1 Å². The molecule has 0 unspecified atom stereocenters. The van der Waals surface area contributed by atoms with Crippen LogP contribution < -0.4 is 10.1 Å². The second-order valence-electron chi connectivity index (χ2n) is 4.66. The number of rotatable bonds is 6. The molecule has 0 heterocycles. The monoisotopic (exact) mass is 303 g/mol. The van der Waals surface area contributed by atoms with E-state index in [1.54, 1.807) is 36.4 Å². The molecule has 110 valence electrons. The molecule has 0 radical (unpaired) electrons. The number of para-hydroxylation sites is 1. The summed E-state index contributed by atoms with van der Waals surface area (Å²) in [6, 6.07) is 14.2. The largest absolute Gasteiger partial charge is 0.494 e. The summed E-state index contributed by atoms with van der Waals surface area (Å²) in [6.07, 6.45) is 2.12. The second kappa shape index (κ2) is 7.70. The molecule has 3 nitrogen and oxygen atoms in total. The van der Waals surface area contributed by atoms with Gasteiger partial charge >= 0.3 is 0 Å². The number of ether oxygens (including phenoxy) is 1. The summed E-state index contributed by atoms with van der Waals surface area (Å²) in [5, 5.41) is 3.31. The van der Waals surface area contributed by atoms with Crippen molar-refractivity contribution < 1.29 is 9.53 Å². The predicted molar refractivity (Wildman–Crippen MR) is 86.3 cm³/mol. The van der Waals surface area contributed by atoms with Crippen LogP contribution in [0.15, 0.2) is 48.5 Å². The number of anilines is 1. The van der Waals surface area contributed by atoms with Crippen LogP contribution in [0.3, 0.4) is 0 Å². The van der Waals surface area contributed by atoms with Gasteiger partial charge in [0.1, 0.15) is 5.75 Å². The Morgan fingerprint density at radius 1 is 1.14 bits per heavy atom. The minimum atomic E-state index is -0.191. The zero-order valence-electron chi connectivity index (χ0n) is 11.9. The van der Waals surface area contributed by atoms with Crippen molar-refractivity contribution in [3.63, 3.8) is 0 Å². The van der Waals surface area contributed by atoms with Gasteiger partial charge < -0.3 is 10.1 Å². The topological polar surface area (TPSA) is 38.3 Å². The molecule has 0 bridgehead atoms. The highest BCUT2D eigenvalue weighted by atomic mass is 35.5. The lowest BCUT2D eigenvalue weighted by molar-refractivity contribution is 0.102. The van der Waals surface area contributed by atoms with Crippen LogP contribution in [0, 0.1) is 0 Å². The zero-order valence-corrected chi connectivity index (χ0v) is 12.7. The van der Waals surface area contributed by atoms with Crippen LogP contribution >= 0.6 is 11.6 Å². The van der Waals surface area contributed by atoms with E-state index in [1.165, 1.54) is 0 Å². The lowest BCUT2D eigenvalue weighted by Gasteiger charge is -2.08. The number of amides is 1. The fourth-order valence-corrected chi connectivity index (χ4v) is 1.98. The van der Waals surface area contributed by atoms with Gasteiger partial charge in [0.15, 0.2) is 0 Å². The van der Waals surface area contributed by atoms with Crippen LogP contribution in [0.25, 0.3) is 0 Å². The summed E-state index contributed by atoms with van der Waals surface area (Å²) < 4.78 is 5.57. The fourth-order valence-electron chi connectivity index (χ4n) is 1.79. The maximum Gasteiger partial charge on any atom is 0.255 e. The summed E-state index contributed by atoms with van der Waals surface area (Å²) in [7, 11) is 0. The predicted octanol–water partition coefficient (Wildman–Crippen LogP) is 4.77. The first-order valence-corrected chi connectivity index (χ1v) is 7.37. The number of nitrogens with one attached hydrogen (secondary N) is 1. The molecule has 4 heteroatoms. The Kier molecular flexibility index (Phi) is 5.64. The summed E-state index contributed by atoms with van der Waals surface area (Å²) in [5.41, 5.74) is 1.17. The van der Waals surface area contributed by atoms with Crippen LogP contribution in [-0.2, 0) is 0 Å². The minimum Gasteiger partial charge on any atom is -0.494 e. The second-order valence-corrected chi connectivity index (χ2v) is 5.07. The quantitative estimate of drug-likeness (QED) is 0.781. The van der Waals surface area contributed by atoms with Gasteiger partial charge in [-0.25, -0.2) is 0 Å². The third-order valence-electron chi connectivity index (χ3n) is 3.01. The van der Waals surface area contributed by atoms with E-state index in [9.17, 15) is 4.79 Å². The molecule has 21 heavy (non-hydrogen) atoms. The number of hydrogen-bond acceptors (Lipinski definition) is 2. The van der Waals surface area contributed by atoms with E-state index in [0.717, 1.165) is 18.6 Å². The molecule has 0 saturated carbocycles. The van der Waals surface area contributed by atoms with E-state index in [2.05, 4.69) is 12.2 Å². The van der Waals surface area contributed by atoms with Crippen molar-refractivity contribution in [2.24, 2.45) is 0 Å². The van der Waals surface area contributed by atoms with E-state index in [0.29, 0.717) is 22.9 Å². The van der Waals surface area contributed by atoms with E-state index in [-0.39, 0.29) is 5.91 Å². The van der Waals surface area contributed by atoms with E-state index in [4.69, 9.17) is 16.3 Å². The molecule has 2 aromatic rings. The number of benzene rings is 2. The minimum absolute atomic E-state index is 0.191. The average Bonchev–Trinajstić information content (AvgIpc) is 2.50. The van der Waals surface area contributed by atoms with E-state index >= 15 is 0 Å². The maximum atomic E-state index is 12.1. The highest BCUT2D eigenvalue weighted by molar-refractivity contribution is 6.33. The van der Waals surface area contributed by atoms with Crippen molar-refractivity contribution in [1.82, 2.24) is 0 Å². The smallest absolute Gasteiger partial charge is 0.255 e. The molecule has 2 aromatic carbocycles. The molecule has 0 aliphatic heterocycles. The van der Waals surface area contributed by atoms with Crippen LogP contribution in [0.5, 0.6) is 5.75 Å². The van der Waals surface area contributed by atoms with Gasteiger partial charge in [0.05, 0.1) is 17.3 Å². The Hall–Kier alpha value is -2.00. The summed E-state index contributed by atoms with van der Waals surface area (Å²) in [6.45, 7) is 2.81. The van der Waals surface area contributed by atoms with E-state index < -0.39 is 0 Å². The third-order valence-corrected chi connectivity index (χ3v) is 3.33. The Morgan fingerprint density at radius 2 is 1.86 bits per heavy atom. The van der Waals surface area contributed by atoms with Crippen molar-refractivity contribution in [1.29, 1.82) is 0 Å². The van der Waals surface area contributed by atoms with Crippen molar-refractivity contribution in [2.45, 2.75) is 19.8 Å². The van der Waals surface area contributed by atoms with Gasteiger partial charge in [0.2, 0.25) is 0 Å². The van der Waals surface area contributed by atoms with Crippen molar-refractivity contribution in [3.05, 3.63) is 59.1 Å². The molecular formula is C17H18ClNO2. The normalized spacial score (nSPS) is 10.2. The first kappa shape index (κ1) is 15.4. The number of carbonyl (C=O) groups excluding carboxylic acids is 1. The van der Waals surface area contributed by atoms with Gasteiger partial charge in [-0.2, -0.15) is 0 Å². The van der Waals surface area contributed by atoms with Gasteiger partial charge in [0, 0.05) is 5.56 Å². The molecule has 0 spiro atoms. The SMILES string of the molecule is CCCCOc1ccc(C(=O)Nc2ccccc2Cl)cc1. The van der Waals surface area contributed by atoms with Gasteiger partial charge in [-0.05, 0) is 42.8 Å². The number of unbranched alkanes of at least 4 members (excludes halogenated alkanes) is 1. The Morgan fingerprint density at radius 3 is 2.52 bits per heavy atom. The molecule has 0 atom stereocenters. The van der Waals surface area contributed by atoms with Gasteiger partial charge in [-0.15, -0.1) is 0 Å². The molecular weight excluding hydrogens is 286 g/mol. The van der Waals surface area contributed by atoms with E-state index in [1.807, 2.05) is 12.1 Å². The van der Waals surface area contributed by atoms with Crippen LogP contribution in [0.4, 0.5) is 5.69 Å². The third kappa shape index (κ3) is 4.50. The summed E-state index contributed by atoms with van der Waals surface area (Å²) in [4.78, 5) is 12.1. The lowest BCUT2D eigenvalue weighted by atomic mass is 10.2. The molecule has 0 fully saturated rings. The molecule has 0 aliphatic carbocycles. The molecule has 2 rings (SSSR count). The Labute approximate surface area is 129 Å². The maximum absolute atomic E-state index is 12.1. The number of hydrogen-bond donors (Lipinski definition) is 1. The molecule has 0 saturated heterocycles. The average molecular weight is 304 g/mol. The molecule has 0 aliphatic rings. The van der Waals surface area contributed by atoms with Gasteiger partial charge in [0.25, 0.3) is 5.91 Å². The Balaban J connectivity index is 1.98. The van der Waals surface area contributed by atoms with Crippen LogP contribution in [0.2, 0.25) is 5.02 Å². The number of carbonyl (C=O) groups is 1. The number of halogens is 1. The first-order valence-electron chi connectivity index (χ1n) is 6.99. The fraction of sp³-hybridized carbons (Fsp3) is 0.235. The molecule has 1 N–H and O–H groups in total. The summed E-state index contributed by atoms with van der Waals surface area (Å²) in [5.74, 6) is 0.584. The van der Waals surface area contributed by atoms with Gasteiger partial charge in [-0.3, -0.25) is 4.79 Å². The molecule has 0 aromatic heterocycles. The lowest BCUT2D eigenvalue weighted by Crippen LogP contribution is -2.12. The first-order chi connectivity index (χ1) is 10.2. The van der Waals surface area contributed by atoms with Gasteiger partial charge in [-0.1, -0.05) is 37.1 Å². The molecule has 1 amide bonds. The summed E-state index contributed by atoms with van der Waals surface area (Å²) >= 11 is 6.02. The standard InChI is InChI=1S/C17H18ClNO2/c1-2-3-12-21-14-10-8-13(9-11-14)17(20)19-16-7-5-4-6-15(16)18/h4-11H,2-3,12H2,1H3,(H,19,20). The highest BCUT2D eigenvalue weighted by Crippen LogP contribution is 2.21.